The molecule has 108 valence electrons. The van der Waals surface area contributed by atoms with Crippen LogP contribution in [0.25, 0.3) is 0 Å². The molecule has 0 aliphatic carbocycles. The van der Waals surface area contributed by atoms with Gasteiger partial charge in [0.1, 0.15) is 0 Å². The van der Waals surface area contributed by atoms with Gasteiger partial charge in [-0.2, -0.15) is 0 Å². The fourth-order valence-electron chi connectivity index (χ4n) is 2.65. The molecule has 7 heteroatoms. The molecular weight excluding hydrogens is 282 g/mol. The molecule has 2 atom stereocenters. The minimum atomic E-state index is -3.07. The third kappa shape index (κ3) is 3.75. The average Bonchev–Trinajstić information content (AvgIpc) is 2.75. The molecule has 2 heterocycles. The van der Waals surface area contributed by atoms with Gasteiger partial charge in [-0.25, -0.2) is 17.7 Å². The van der Waals surface area contributed by atoms with Crippen LogP contribution in [0.3, 0.4) is 0 Å². The van der Waals surface area contributed by atoms with E-state index in [1.165, 1.54) is 6.26 Å². The molecule has 2 rings (SSSR count). The first-order valence-corrected chi connectivity index (χ1v) is 9.21. The minimum Gasteiger partial charge on any atom is -0.323 e. The molecule has 0 spiro atoms. The molecule has 1 aliphatic heterocycles. The number of hydrogen-bond acceptors (Lipinski definition) is 5. The molecule has 5 nitrogen and oxygen atoms in total. The smallest absolute Gasteiger partial charge is 0.211 e. The molecule has 2 N–H and O–H groups in total. The number of rotatable bonds is 4. The van der Waals surface area contributed by atoms with Gasteiger partial charge in [0.25, 0.3) is 0 Å². The molecule has 0 saturated carbocycles. The van der Waals surface area contributed by atoms with E-state index < -0.39 is 10.0 Å². The Morgan fingerprint density at radius 3 is 2.95 bits per heavy atom. The predicted octanol–water partition coefficient (Wildman–Crippen LogP) is 1.51. The Hall–Kier alpha value is -0.500. The second-order valence-electron chi connectivity index (χ2n) is 5.27. The third-order valence-corrected chi connectivity index (χ3v) is 5.99. The standard InChI is InChI=1S/C12H21N3O2S2/c1-9-12(18-8-14-9)11(13)6-10-4-3-5-15(7-10)19(2,16)17/h8,10-11H,3-7,13H2,1-2H3. The summed E-state index contributed by atoms with van der Waals surface area (Å²) in [5.41, 5.74) is 9.04. The van der Waals surface area contributed by atoms with Crippen molar-refractivity contribution in [3.8, 4) is 0 Å². The quantitative estimate of drug-likeness (QED) is 0.915. The van der Waals surface area contributed by atoms with Gasteiger partial charge < -0.3 is 5.73 Å². The van der Waals surface area contributed by atoms with E-state index in [1.54, 1.807) is 15.6 Å². The molecule has 0 amide bonds. The SMILES string of the molecule is Cc1ncsc1C(N)CC1CCCN(S(C)(=O)=O)C1. The average molecular weight is 303 g/mol. The zero-order valence-electron chi connectivity index (χ0n) is 11.4. The van der Waals surface area contributed by atoms with Crippen LogP contribution >= 0.6 is 11.3 Å². The van der Waals surface area contributed by atoms with E-state index in [4.69, 9.17) is 5.73 Å². The van der Waals surface area contributed by atoms with Crippen molar-refractivity contribution in [3.63, 3.8) is 0 Å². The summed E-state index contributed by atoms with van der Waals surface area (Å²) in [6.45, 7) is 3.21. The summed E-state index contributed by atoms with van der Waals surface area (Å²) in [4.78, 5) is 5.34. The van der Waals surface area contributed by atoms with Crippen molar-refractivity contribution in [3.05, 3.63) is 16.1 Å². The summed E-state index contributed by atoms with van der Waals surface area (Å²) in [5, 5.41) is 0. The highest BCUT2D eigenvalue weighted by molar-refractivity contribution is 7.88. The number of hydrogen-bond donors (Lipinski definition) is 1. The molecule has 1 aromatic heterocycles. The Morgan fingerprint density at radius 1 is 1.63 bits per heavy atom. The number of sulfonamides is 1. The van der Waals surface area contributed by atoms with Gasteiger partial charge in [0.2, 0.25) is 10.0 Å². The first-order chi connectivity index (χ1) is 8.88. The van der Waals surface area contributed by atoms with Crippen LogP contribution in [-0.4, -0.2) is 37.1 Å². The molecular formula is C12H21N3O2S2. The lowest BCUT2D eigenvalue weighted by Gasteiger charge is -2.32. The van der Waals surface area contributed by atoms with Crippen molar-refractivity contribution in [2.75, 3.05) is 19.3 Å². The maximum atomic E-state index is 11.6. The minimum absolute atomic E-state index is 0.0305. The number of nitrogens with two attached hydrogens (primary N) is 1. The highest BCUT2D eigenvalue weighted by Crippen LogP contribution is 2.29. The lowest BCUT2D eigenvalue weighted by atomic mass is 9.92. The molecule has 0 bridgehead atoms. The highest BCUT2D eigenvalue weighted by Gasteiger charge is 2.27. The lowest BCUT2D eigenvalue weighted by molar-refractivity contribution is 0.247. The lowest BCUT2D eigenvalue weighted by Crippen LogP contribution is -2.40. The first kappa shape index (κ1) is 14.9. The highest BCUT2D eigenvalue weighted by atomic mass is 32.2. The molecule has 1 aliphatic rings. The van der Waals surface area contributed by atoms with Crippen LogP contribution in [0.5, 0.6) is 0 Å². The molecule has 1 aromatic rings. The molecule has 19 heavy (non-hydrogen) atoms. The van der Waals surface area contributed by atoms with Crippen LogP contribution in [0, 0.1) is 12.8 Å². The van der Waals surface area contributed by atoms with Crippen molar-refractivity contribution >= 4 is 21.4 Å². The van der Waals surface area contributed by atoms with Gasteiger partial charge in [-0.15, -0.1) is 11.3 Å². The molecule has 0 radical (unpaired) electrons. The van der Waals surface area contributed by atoms with E-state index in [-0.39, 0.29) is 6.04 Å². The largest absolute Gasteiger partial charge is 0.323 e. The summed E-state index contributed by atoms with van der Waals surface area (Å²) in [6.07, 6.45) is 4.08. The van der Waals surface area contributed by atoms with E-state index >= 15 is 0 Å². The molecule has 1 saturated heterocycles. The summed E-state index contributed by atoms with van der Waals surface area (Å²) in [7, 11) is -3.07. The number of nitrogens with zero attached hydrogens (tertiary/aromatic N) is 2. The van der Waals surface area contributed by atoms with E-state index in [1.807, 2.05) is 12.4 Å². The van der Waals surface area contributed by atoms with E-state index in [2.05, 4.69) is 4.98 Å². The number of thiazole rings is 1. The van der Waals surface area contributed by atoms with Crippen LogP contribution in [0.1, 0.15) is 35.9 Å². The maximum Gasteiger partial charge on any atom is 0.211 e. The molecule has 1 fully saturated rings. The second kappa shape index (κ2) is 5.87. The van der Waals surface area contributed by atoms with Gasteiger partial charge in [-0.3, -0.25) is 0 Å². The van der Waals surface area contributed by atoms with Gasteiger partial charge in [0.05, 0.1) is 17.5 Å². The van der Waals surface area contributed by atoms with Gasteiger partial charge in [0.15, 0.2) is 0 Å². The zero-order chi connectivity index (χ0) is 14.0. The van der Waals surface area contributed by atoms with Gasteiger partial charge in [-0.05, 0) is 32.1 Å². The van der Waals surface area contributed by atoms with Gasteiger partial charge in [0, 0.05) is 24.0 Å². The van der Waals surface area contributed by atoms with E-state index in [0.29, 0.717) is 19.0 Å². The van der Waals surface area contributed by atoms with E-state index in [0.717, 1.165) is 29.8 Å². The number of aromatic nitrogens is 1. The van der Waals surface area contributed by atoms with Crippen LogP contribution in [-0.2, 0) is 10.0 Å². The fraction of sp³-hybridized carbons (Fsp3) is 0.750. The van der Waals surface area contributed by atoms with Crippen LogP contribution < -0.4 is 5.73 Å². The van der Waals surface area contributed by atoms with Crippen molar-refractivity contribution in [1.82, 2.24) is 9.29 Å². The molecule has 0 aromatic carbocycles. The number of aryl methyl sites for hydroxylation is 1. The molecule has 2 unspecified atom stereocenters. The first-order valence-electron chi connectivity index (χ1n) is 6.48. The Labute approximate surface area is 118 Å². The third-order valence-electron chi connectivity index (χ3n) is 3.66. The summed E-state index contributed by atoms with van der Waals surface area (Å²) < 4.78 is 24.8. The predicted molar refractivity (Wildman–Crippen MR) is 77.5 cm³/mol. The summed E-state index contributed by atoms with van der Waals surface area (Å²) in [5.74, 6) is 0.347. The van der Waals surface area contributed by atoms with Crippen LogP contribution in [0.2, 0.25) is 0 Å². The van der Waals surface area contributed by atoms with Crippen molar-refractivity contribution in [1.29, 1.82) is 0 Å². The number of piperidine rings is 1. The van der Waals surface area contributed by atoms with Crippen molar-refractivity contribution in [2.24, 2.45) is 11.7 Å². The zero-order valence-corrected chi connectivity index (χ0v) is 13.0. The van der Waals surface area contributed by atoms with Crippen molar-refractivity contribution in [2.45, 2.75) is 32.2 Å². The Balaban J connectivity index is 1.98. The van der Waals surface area contributed by atoms with Crippen LogP contribution in [0.15, 0.2) is 5.51 Å². The summed E-state index contributed by atoms with van der Waals surface area (Å²) >= 11 is 1.58. The monoisotopic (exact) mass is 303 g/mol. The van der Waals surface area contributed by atoms with Gasteiger partial charge >= 0.3 is 0 Å². The van der Waals surface area contributed by atoms with Crippen LogP contribution in [0.4, 0.5) is 0 Å². The summed E-state index contributed by atoms with van der Waals surface area (Å²) in [6, 6.07) is -0.0305. The Bertz CT molecular complexity index is 527. The second-order valence-corrected chi connectivity index (χ2v) is 8.14. The normalized spacial score (nSPS) is 23.4. The maximum absolute atomic E-state index is 11.6. The van der Waals surface area contributed by atoms with Crippen molar-refractivity contribution < 1.29 is 8.42 Å². The Kier molecular flexibility index (Phi) is 4.60. The van der Waals surface area contributed by atoms with Gasteiger partial charge in [-0.1, -0.05) is 0 Å². The van der Waals surface area contributed by atoms with E-state index in [9.17, 15) is 8.42 Å². The fourth-order valence-corrected chi connectivity index (χ4v) is 4.41. The Morgan fingerprint density at radius 2 is 2.37 bits per heavy atom. The topological polar surface area (TPSA) is 76.3 Å².